The first-order valence-corrected chi connectivity index (χ1v) is 13.3. The van der Waals surface area contributed by atoms with Gasteiger partial charge in [-0.1, -0.05) is 82.7 Å². The fraction of sp³-hybridized carbons (Fsp3) is 0.0938. The first kappa shape index (κ1) is 24.1. The van der Waals surface area contributed by atoms with Crippen molar-refractivity contribution in [2.24, 2.45) is 0 Å². The van der Waals surface area contributed by atoms with Gasteiger partial charge in [-0.05, 0) is 53.6 Å². The summed E-state index contributed by atoms with van der Waals surface area (Å²) in [5.41, 5.74) is 2.42. The average Bonchev–Trinajstić information content (AvgIpc) is 2.95. The van der Waals surface area contributed by atoms with E-state index in [0.717, 1.165) is 26.3 Å². The second-order valence-corrected chi connectivity index (χ2v) is 10.2. The van der Waals surface area contributed by atoms with Crippen molar-refractivity contribution < 1.29 is 14.4 Å². The highest BCUT2D eigenvalue weighted by Crippen LogP contribution is 2.31. The average molecular weight is 563 g/mol. The summed E-state index contributed by atoms with van der Waals surface area (Å²) < 4.78 is 0.818. The predicted molar refractivity (Wildman–Crippen MR) is 154 cm³/mol. The molecule has 0 aliphatic carbocycles. The minimum Gasteiger partial charge on any atom is -0.308 e. The second-order valence-electron chi connectivity index (χ2n) is 9.29. The molecule has 0 saturated heterocycles. The van der Waals surface area contributed by atoms with Gasteiger partial charge in [-0.15, -0.1) is 0 Å². The summed E-state index contributed by atoms with van der Waals surface area (Å²) in [4.78, 5) is 43.5. The zero-order chi connectivity index (χ0) is 26.2. The molecule has 5 aromatic rings. The van der Waals surface area contributed by atoms with Crippen LogP contribution < -0.4 is 4.90 Å². The molecule has 5 aromatic carbocycles. The van der Waals surface area contributed by atoms with Crippen LogP contribution in [0.4, 0.5) is 5.69 Å². The maximum Gasteiger partial charge on any atom is 0.261 e. The molecule has 3 amide bonds. The summed E-state index contributed by atoms with van der Waals surface area (Å²) in [5.74, 6) is -0.738. The number of halogens is 1. The molecule has 0 unspecified atom stereocenters. The van der Waals surface area contributed by atoms with Crippen molar-refractivity contribution in [3.63, 3.8) is 0 Å². The lowest BCUT2D eigenvalue weighted by molar-refractivity contribution is 0.0610. The summed E-state index contributed by atoms with van der Waals surface area (Å²) in [6.45, 7) is 0.539. The molecule has 0 aromatic heterocycles. The number of hydrogen-bond donors (Lipinski definition) is 0. The van der Waals surface area contributed by atoms with Crippen molar-refractivity contribution in [2.75, 3.05) is 18.0 Å². The second kappa shape index (κ2) is 9.88. The molecule has 0 bridgehead atoms. The van der Waals surface area contributed by atoms with Crippen LogP contribution in [0.5, 0.6) is 0 Å². The number of nitrogens with zero attached hydrogens (tertiary/aromatic N) is 2. The number of carbonyl (C=O) groups is 3. The van der Waals surface area contributed by atoms with Gasteiger partial charge in [0.05, 0.1) is 5.69 Å². The van der Waals surface area contributed by atoms with Gasteiger partial charge in [0.15, 0.2) is 0 Å². The van der Waals surface area contributed by atoms with Gasteiger partial charge in [0.2, 0.25) is 0 Å². The van der Waals surface area contributed by atoms with Crippen LogP contribution in [-0.4, -0.2) is 35.7 Å². The highest BCUT2D eigenvalue weighted by molar-refractivity contribution is 9.10. The quantitative estimate of drug-likeness (QED) is 0.207. The van der Waals surface area contributed by atoms with Gasteiger partial charge in [0, 0.05) is 45.0 Å². The van der Waals surface area contributed by atoms with Crippen LogP contribution in [0, 0.1) is 0 Å². The first-order valence-electron chi connectivity index (χ1n) is 12.5. The number of carbonyl (C=O) groups excluding carboxylic acids is 3. The lowest BCUT2D eigenvalue weighted by atomic mass is 9.94. The molecule has 0 fully saturated rings. The van der Waals surface area contributed by atoms with Crippen LogP contribution in [0.1, 0.15) is 37.5 Å². The highest BCUT2D eigenvalue weighted by atomic mass is 79.9. The van der Waals surface area contributed by atoms with Gasteiger partial charge in [-0.25, -0.2) is 0 Å². The van der Waals surface area contributed by atoms with E-state index in [0.29, 0.717) is 35.0 Å². The highest BCUT2D eigenvalue weighted by Gasteiger charge is 2.32. The monoisotopic (exact) mass is 562 g/mol. The molecule has 1 aliphatic heterocycles. The van der Waals surface area contributed by atoms with Gasteiger partial charge in [-0.3, -0.25) is 19.3 Å². The fourth-order valence-electron chi connectivity index (χ4n) is 5.22. The third-order valence-corrected chi connectivity index (χ3v) is 7.49. The molecular formula is C32H23BrN2O3. The molecule has 0 spiro atoms. The Morgan fingerprint density at radius 2 is 1.37 bits per heavy atom. The van der Waals surface area contributed by atoms with Crippen molar-refractivity contribution in [3.8, 4) is 0 Å². The third kappa shape index (κ3) is 4.17. The number of amides is 3. The Hall–Kier alpha value is -4.29. The Labute approximate surface area is 228 Å². The Morgan fingerprint density at radius 3 is 2.11 bits per heavy atom. The van der Waals surface area contributed by atoms with Crippen molar-refractivity contribution >= 4 is 60.9 Å². The van der Waals surface area contributed by atoms with E-state index >= 15 is 0 Å². The molecule has 0 radical (unpaired) electrons. The van der Waals surface area contributed by atoms with Crippen LogP contribution in [0.2, 0.25) is 0 Å². The molecule has 38 heavy (non-hydrogen) atoms. The van der Waals surface area contributed by atoms with E-state index in [9.17, 15) is 14.4 Å². The van der Waals surface area contributed by atoms with Crippen LogP contribution in [0.15, 0.2) is 108 Å². The van der Waals surface area contributed by atoms with E-state index in [1.807, 2.05) is 78.9 Å². The summed E-state index contributed by atoms with van der Waals surface area (Å²) in [6, 6.07) is 32.2. The minimum atomic E-state index is -0.297. The number of benzene rings is 5. The van der Waals surface area contributed by atoms with Gasteiger partial charge >= 0.3 is 0 Å². The normalized spacial score (nSPS) is 12.8. The van der Waals surface area contributed by atoms with E-state index in [-0.39, 0.29) is 24.3 Å². The number of imide groups is 1. The van der Waals surface area contributed by atoms with Gasteiger partial charge in [-0.2, -0.15) is 0 Å². The summed E-state index contributed by atoms with van der Waals surface area (Å²) >= 11 is 3.47. The lowest BCUT2D eigenvalue weighted by Gasteiger charge is -2.29. The topological polar surface area (TPSA) is 57.7 Å². The molecule has 0 N–H and O–H groups in total. The number of anilines is 1. The Kier molecular flexibility index (Phi) is 6.26. The molecule has 0 saturated carbocycles. The van der Waals surface area contributed by atoms with Crippen LogP contribution >= 0.6 is 15.9 Å². The molecule has 1 heterocycles. The van der Waals surface area contributed by atoms with Crippen molar-refractivity contribution in [1.82, 2.24) is 4.90 Å². The molecule has 5 nitrogen and oxygen atoms in total. The SMILES string of the molecule is O=C1c2cccc3cccc(c23)C(=O)N1CCCN(C(=O)c1cccc(Br)c1)c1cccc2ccccc12. The molecule has 1 aliphatic rings. The van der Waals surface area contributed by atoms with Gasteiger partial charge < -0.3 is 4.90 Å². The number of fused-ring (bicyclic) bond motifs is 1. The largest absolute Gasteiger partial charge is 0.308 e. The lowest BCUT2D eigenvalue weighted by Crippen LogP contribution is -2.42. The third-order valence-electron chi connectivity index (χ3n) is 6.99. The molecular weight excluding hydrogens is 540 g/mol. The smallest absolute Gasteiger partial charge is 0.261 e. The molecule has 186 valence electrons. The maximum atomic E-state index is 13.8. The number of rotatable bonds is 6. The van der Waals surface area contributed by atoms with Crippen LogP contribution in [0.25, 0.3) is 21.5 Å². The van der Waals surface area contributed by atoms with E-state index in [4.69, 9.17) is 0 Å². The van der Waals surface area contributed by atoms with Crippen LogP contribution in [-0.2, 0) is 0 Å². The molecule has 0 atom stereocenters. The van der Waals surface area contributed by atoms with Crippen molar-refractivity contribution in [1.29, 1.82) is 0 Å². The summed E-state index contributed by atoms with van der Waals surface area (Å²) in [7, 11) is 0. The minimum absolute atomic E-state index is 0.144. The van der Waals surface area contributed by atoms with E-state index < -0.39 is 0 Å². The fourth-order valence-corrected chi connectivity index (χ4v) is 5.62. The van der Waals surface area contributed by atoms with Gasteiger partial charge in [0.25, 0.3) is 17.7 Å². The molecule has 6 heteroatoms. The summed E-state index contributed by atoms with van der Waals surface area (Å²) in [5, 5.41) is 3.58. The predicted octanol–water partition coefficient (Wildman–Crippen LogP) is 7.09. The van der Waals surface area contributed by atoms with E-state index in [2.05, 4.69) is 15.9 Å². The van der Waals surface area contributed by atoms with E-state index in [1.165, 1.54) is 4.90 Å². The zero-order valence-electron chi connectivity index (χ0n) is 20.4. The van der Waals surface area contributed by atoms with Crippen LogP contribution in [0.3, 0.4) is 0 Å². The molecule has 6 rings (SSSR count). The van der Waals surface area contributed by atoms with Gasteiger partial charge in [0.1, 0.15) is 0 Å². The Balaban J connectivity index is 1.31. The zero-order valence-corrected chi connectivity index (χ0v) is 22.0. The standard InChI is InChI=1S/C32H23BrN2O3/c33-24-13-3-12-23(20-24)30(36)34(28-17-6-9-21-8-1-2-14-25(21)28)18-7-19-35-31(37)26-15-4-10-22-11-5-16-27(29(22)26)32(35)38/h1-6,8-17,20H,7,18-19H2. The maximum absolute atomic E-state index is 13.8. The summed E-state index contributed by atoms with van der Waals surface area (Å²) in [6.07, 6.45) is 0.429. The first-order chi connectivity index (χ1) is 18.5. The Bertz CT molecular complexity index is 1690. The van der Waals surface area contributed by atoms with E-state index in [1.54, 1.807) is 29.2 Å². The van der Waals surface area contributed by atoms with Crippen molar-refractivity contribution in [3.05, 3.63) is 124 Å². The Morgan fingerprint density at radius 1 is 0.737 bits per heavy atom. The van der Waals surface area contributed by atoms with Crippen molar-refractivity contribution in [2.45, 2.75) is 6.42 Å². The number of hydrogen-bond acceptors (Lipinski definition) is 3.